The average molecular weight is 275 g/mol. The summed E-state index contributed by atoms with van der Waals surface area (Å²) in [6.45, 7) is 4.10. The summed E-state index contributed by atoms with van der Waals surface area (Å²) in [4.78, 5) is 13.3. The molecule has 0 aliphatic heterocycles. The fraction of sp³-hybridized carbons (Fsp3) is 0.700. The fourth-order valence-electron chi connectivity index (χ4n) is 0.990. The van der Waals surface area contributed by atoms with Gasteiger partial charge in [-0.25, -0.2) is 0 Å². The number of thioether (sulfide) groups is 1. The Hall–Kier alpha value is -0.820. The highest BCUT2D eigenvalue weighted by Crippen LogP contribution is 2.28. The number of aromatic nitrogens is 2. The number of esters is 1. The van der Waals surface area contributed by atoms with Gasteiger partial charge in [0.2, 0.25) is 5.13 Å². The van der Waals surface area contributed by atoms with Crippen molar-refractivity contribution in [3.63, 3.8) is 0 Å². The summed E-state index contributed by atoms with van der Waals surface area (Å²) in [6.07, 6.45) is 0. The van der Waals surface area contributed by atoms with Gasteiger partial charge < -0.3 is 9.64 Å². The Labute approximate surface area is 110 Å². The van der Waals surface area contributed by atoms with Crippen LogP contribution < -0.4 is 4.90 Å². The third-order valence-corrected chi connectivity index (χ3v) is 4.41. The summed E-state index contributed by atoms with van der Waals surface area (Å²) >= 11 is 3.06. The molecule has 0 amide bonds. The maximum atomic E-state index is 11.4. The van der Waals surface area contributed by atoms with Crippen LogP contribution in [0.15, 0.2) is 4.34 Å². The average Bonchev–Trinajstić information content (AvgIpc) is 2.75. The molecule has 1 atom stereocenters. The predicted octanol–water partition coefficient (Wildman–Crippen LogP) is 1.90. The lowest BCUT2D eigenvalue weighted by Crippen LogP contribution is -2.16. The first kappa shape index (κ1) is 14.2. The van der Waals surface area contributed by atoms with E-state index >= 15 is 0 Å². The number of hydrogen-bond donors (Lipinski definition) is 0. The van der Waals surface area contributed by atoms with Crippen LogP contribution in [0, 0.1) is 5.92 Å². The first-order valence-corrected chi connectivity index (χ1v) is 7.15. The van der Waals surface area contributed by atoms with Crippen LogP contribution in [0.5, 0.6) is 0 Å². The van der Waals surface area contributed by atoms with Gasteiger partial charge in [-0.1, -0.05) is 30.0 Å². The van der Waals surface area contributed by atoms with Gasteiger partial charge in [-0.3, -0.25) is 4.79 Å². The van der Waals surface area contributed by atoms with Crippen molar-refractivity contribution < 1.29 is 9.53 Å². The molecule has 0 N–H and O–H groups in total. The molecule has 0 aromatic carbocycles. The van der Waals surface area contributed by atoms with E-state index in [0.717, 1.165) is 9.47 Å². The smallest absolute Gasteiger partial charge is 0.309 e. The highest BCUT2D eigenvalue weighted by atomic mass is 32.2. The van der Waals surface area contributed by atoms with Gasteiger partial charge in [0, 0.05) is 19.8 Å². The Kier molecular flexibility index (Phi) is 5.70. The molecular formula is C10H17N3O2S2. The molecule has 0 saturated carbocycles. The van der Waals surface area contributed by atoms with Crippen molar-refractivity contribution in [2.45, 2.75) is 18.2 Å². The third-order valence-electron chi connectivity index (χ3n) is 1.92. The largest absolute Gasteiger partial charge is 0.466 e. The van der Waals surface area contributed by atoms with E-state index in [1.54, 1.807) is 0 Å². The van der Waals surface area contributed by atoms with Crippen LogP contribution in [0.2, 0.25) is 0 Å². The molecule has 7 heteroatoms. The summed E-state index contributed by atoms with van der Waals surface area (Å²) in [5.74, 6) is 0.393. The number of nitrogens with zero attached hydrogens (tertiary/aromatic N) is 3. The van der Waals surface area contributed by atoms with E-state index in [1.807, 2.05) is 32.8 Å². The fourth-order valence-corrected chi connectivity index (χ4v) is 2.78. The summed E-state index contributed by atoms with van der Waals surface area (Å²) in [7, 11) is 3.85. The molecule has 1 heterocycles. The molecule has 1 aromatic rings. The maximum Gasteiger partial charge on any atom is 0.309 e. The summed E-state index contributed by atoms with van der Waals surface area (Å²) in [5, 5.41) is 8.96. The van der Waals surface area contributed by atoms with Crippen LogP contribution in [-0.4, -0.2) is 42.6 Å². The summed E-state index contributed by atoms with van der Waals surface area (Å²) < 4.78 is 5.82. The number of rotatable bonds is 6. The van der Waals surface area contributed by atoms with Gasteiger partial charge in [-0.2, -0.15) is 0 Å². The molecule has 0 fully saturated rings. The SMILES string of the molecule is CCOC(=O)C(C)CSc1nnc(N(C)C)s1. The first-order valence-electron chi connectivity index (χ1n) is 5.34. The Morgan fingerprint density at radius 3 is 2.76 bits per heavy atom. The lowest BCUT2D eigenvalue weighted by atomic mass is 10.2. The number of hydrogen-bond acceptors (Lipinski definition) is 7. The van der Waals surface area contributed by atoms with E-state index in [4.69, 9.17) is 4.74 Å². The lowest BCUT2D eigenvalue weighted by molar-refractivity contribution is -0.146. The number of anilines is 1. The minimum absolute atomic E-state index is 0.119. The van der Waals surface area contributed by atoms with Crippen LogP contribution in [0.1, 0.15) is 13.8 Å². The second-order valence-corrected chi connectivity index (χ2v) is 5.93. The van der Waals surface area contributed by atoms with Crippen molar-refractivity contribution in [3.8, 4) is 0 Å². The summed E-state index contributed by atoms with van der Waals surface area (Å²) in [5.41, 5.74) is 0. The lowest BCUT2D eigenvalue weighted by Gasteiger charge is -2.08. The minimum Gasteiger partial charge on any atom is -0.466 e. The normalized spacial score (nSPS) is 12.2. The minimum atomic E-state index is -0.155. The quantitative estimate of drug-likeness (QED) is 0.584. The van der Waals surface area contributed by atoms with Crippen molar-refractivity contribution in [2.24, 2.45) is 5.92 Å². The Bertz CT molecular complexity index is 368. The van der Waals surface area contributed by atoms with E-state index in [1.165, 1.54) is 23.1 Å². The van der Waals surface area contributed by atoms with Gasteiger partial charge in [-0.15, -0.1) is 10.2 Å². The molecule has 0 bridgehead atoms. The van der Waals surface area contributed by atoms with Gasteiger partial charge in [0.1, 0.15) is 0 Å². The molecule has 0 spiro atoms. The molecule has 0 saturated heterocycles. The molecule has 1 aromatic heterocycles. The van der Waals surface area contributed by atoms with Crippen LogP contribution >= 0.6 is 23.1 Å². The van der Waals surface area contributed by atoms with Crippen molar-refractivity contribution >= 4 is 34.2 Å². The zero-order valence-electron chi connectivity index (χ0n) is 10.5. The Morgan fingerprint density at radius 2 is 2.24 bits per heavy atom. The monoisotopic (exact) mass is 275 g/mol. The van der Waals surface area contributed by atoms with Crippen LogP contribution in [0.4, 0.5) is 5.13 Å². The van der Waals surface area contributed by atoms with Crippen molar-refractivity contribution in [1.82, 2.24) is 10.2 Å². The van der Waals surface area contributed by atoms with Gasteiger partial charge in [-0.05, 0) is 6.92 Å². The Balaban J connectivity index is 2.41. The number of carbonyl (C=O) groups is 1. The van der Waals surface area contributed by atoms with Gasteiger partial charge in [0.15, 0.2) is 4.34 Å². The third kappa shape index (κ3) is 4.51. The molecule has 96 valence electrons. The van der Waals surface area contributed by atoms with Gasteiger partial charge >= 0.3 is 5.97 Å². The number of carbonyl (C=O) groups excluding carboxylic acids is 1. The van der Waals surface area contributed by atoms with Crippen molar-refractivity contribution in [2.75, 3.05) is 31.4 Å². The van der Waals surface area contributed by atoms with Crippen molar-refractivity contribution in [3.05, 3.63) is 0 Å². The first-order chi connectivity index (χ1) is 8.04. The molecule has 0 aliphatic rings. The van der Waals surface area contributed by atoms with Crippen LogP contribution in [0.3, 0.4) is 0 Å². The maximum absolute atomic E-state index is 11.4. The van der Waals surface area contributed by atoms with Crippen LogP contribution in [0.25, 0.3) is 0 Å². The second kappa shape index (κ2) is 6.80. The highest BCUT2D eigenvalue weighted by molar-refractivity contribution is 8.01. The molecule has 1 unspecified atom stereocenters. The van der Waals surface area contributed by atoms with Crippen molar-refractivity contribution in [1.29, 1.82) is 0 Å². The van der Waals surface area contributed by atoms with E-state index < -0.39 is 0 Å². The zero-order chi connectivity index (χ0) is 12.8. The topological polar surface area (TPSA) is 55.3 Å². The summed E-state index contributed by atoms with van der Waals surface area (Å²) in [6, 6.07) is 0. The molecule has 1 rings (SSSR count). The highest BCUT2D eigenvalue weighted by Gasteiger charge is 2.15. The molecule has 0 radical (unpaired) electrons. The number of ether oxygens (including phenoxy) is 1. The van der Waals surface area contributed by atoms with E-state index in [9.17, 15) is 4.79 Å². The van der Waals surface area contributed by atoms with Gasteiger partial charge in [0.25, 0.3) is 0 Å². The van der Waals surface area contributed by atoms with Crippen LogP contribution in [-0.2, 0) is 9.53 Å². The zero-order valence-corrected chi connectivity index (χ0v) is 12.1. The van der Waals surface area contributed by atoms with Gasteiger partial charge in [0.05, 0.1) is 12.5 Å². The van der Waals surface area contributed by atoms with E-state index in [0.29, 0.717) is 12.4 Å². The molecule has 5 nitrogen and oxygen atoms in total. The standard InChI is InChI=1S/C10H17N3O2S2/c1-5-15-8(14)7(2)6-16-10-12-11-9(17-10)13(3)4/h7H,5-6H2,1-4H3. The molecule has 0 aliphatic carbocycles. The predicted molar refractivity (Wildman–Crippen MR) is 70.8 cm³/mol. The Morgan fingerprint density at radius 1 is 1.53 bits per heavy atom. The molecule has 17 heavy (non-hydrogen) atoms. The van der Waals surface area contributed by atoms with E-state index in [-0.39, 0.29) is 11.9 Å². The molecular weight excluding hydrogens is 258 g/mol. The van der Waals surface area contributed by atoms with E-state index in [2.05, 4.69) is 10.2 Å². The second-order valence-electron chi connectivity index (χ2n) is 3.71.